The van der Waals surface area contributed by atoms with Gasteiger partial charge < -0.3 is 20.1 Å². The number of carbonyl (C=O) groups excluding carboxylic acids is 1. The van der Waals surface area contributed by atoms with E-state index in [4.69, 9.17) is 9.47 Å². The molecule has 0 aliphatic heterocycles. The molecule has 1 heterocycles. The Balaban J connectivity index is 1.57. The van der Waals surface area contributed by atoms with Crippen molar-refractivity contribution in [1.29, 1.82) is 0 Å². The number of anilines is 2. The summed E-state index contributed by atoms with van der Waals surface area (Å²) in [6, 6.07) is 5.20. The van der Waals surface area contributed by atoms with Gasteiger partial charge in [0.1, 0.15) is 11.5 Å². The maximum atomic E-state index is 12.5. The number of allylic oxidation sites excluding steroid dienone is 1. The van der Waals surface area contributed by atoms with Gasteiger partial charge in [0.05, 0.1) is 25.5 Å². The number of nitrogens with one attached hydrogen (secondary N) is 2. The molecular weight excluding hydrogens is 356 g/mol. The Hall–Kier alpha value is -3.09. The minimum atomic E-state index is -0.314. The maximum Gasteiger partial charge on any atom is 0.258 e. The van der Waals surface area contributed by atoms with Crippen LogP contribution in [0.15, 0.2) is 42.2 Å². The molecule has 0 saturated heterocycles. The van der Waals surface area contributed by atoms with Gasteiger partial charge in [-0.05, 0) is 44.2 Å². The first kappa shape index (κ1) is 19.7. The first-order valence-corrected chi connectivity index (χ1v) is 9.47. The normalized spacial score (nSPS) is 13.4. The molecule has 0 atom stereocenters. The summed E-state index contributed by atoms with van der Waals surface area (Å²) in [5, 5.41) is 6.02. The van der Waals surface area contributed by atoms with Gasteiger partial charge in [-0.3, -0.25) is 4.79 Å². The van der Waals surface area contributed by atoms with Crippen molar-refractivity contribution in [1.82, 2.24) is 9.97 Å². The first-order valence-electron chi connectivity index (χ1n) is 9.47. The predicted octanol–water partition coefficient (Wildman–Crippen LogP) is 4.05. The highest BCUT2D eigenvalue weighted by atomic mass is 16.5. The maximum absolute atomic E-state index is 12.5. The standard InChI is InChI=1S/C21H26N4O3/c1-27-17-8-9-19(28-2)18(12-17)25-20(26)16-13-23-21(24-14-16)22-11-10-15-6-4-3-5-7-15/h6,8-9,12-14H,3-5,7,10-11H2,1-2H3,(H,25,26)(H,22,23,24). The van der Waals surface area contributed by atoms with Crippen molar-refractivity contribution in [3.63, 3.8) is 0 Å². The van der Waals surface area contributed by atoms with Crippen LogP contribution in [0.4, 0.5) is 11.6 Å². The number of aromatic nitrogens is 2. The Morgan fingerprint density at radius 2 is 1.96 bits per heavy atom. The third-order valence-electron chi connectivity index (χ3n) is 4.68. The molecule has 7 heteroatoms. The van der Waals surface area contributed by atoms with E-state index in [1.54, 1.807) is 32.4 Å². The monoisotopic (exact) mass is 382 g/mol. The number of carbonyl (C=O) groups is 1. The molecule has 3 rings (SSSR count). The fourth-order valence-electron chi connectivity index (χ4n) is 3.11. The van der Waals surface area contributed by atoms with Crippen molar-refractivity contribution in [2.75, 3.05) is 31.4 Å². The van der Waals surface area contributed by atoms with E-state index >= 15 is 0 Å². The molecule has 0 radical (unpaired) electrons. The van der Waals surface area contributed by atoms with E-state index in [-0.39, 0.29) is 5.91 Å². The second-order valence-electron chi connectivity index (χ2n) is 6.60. The SMILES string of the molecule is COc1ccc(OC)c(NC(=O)c2cnc(NCCC3=CCCCC3)nc2)c1. The Morgan fingerprint density at radius 1 is 1.14 bits per heavy atom. The summed E-state index contributed by atoms with van der Waals surface area (Å²) in [5.74, 6) is 1.38. The average Bonchev–Trinajstić information content (AvgIpc) is 2.75. The number of nitrogens with zero attached hydrogens (tertiary/aromatic N) is 2. The van der Waals surface area contributed by atoms with E-state index < -0.39 is 0 Å². The summed E-state index contributed by atoms with van der Waals surface area (Å²) in [6.07, 6.45) is 11.3. The number of ether oxygens (including phenoxy) is 2. The van der Waals surface area contributed by atoms with E-state index in [2.05, 4.69) is 26.7 Å². The van der Waals surface area contributed by atoms with E-state index in [9.17, 15) is 4.79 Å². The van der Waals surface area contributed by atoms with Gasteiger partial charge in [0.15, 0.2) is 0 Å². The lowest BCUT2D eigenvalue weighted by Gasteiger charge is -2.13. The molecule has 1 aromatic heterocycles. The van der Waals surface area contributed by atoms with Crippen molar-refractivity contribution >= 4 is 17.5 Å². The molecular formula is C21H26N4O3. The molecule has 148 valence electrons. The van der Waals surface area contributed by atoms with Gasteiger partial charge in [-0.25, -0.2) is 9.97 Å². The van der Waals surface area contributed by atoms with E-state index in [1.807, 2.05) is 0 Å². The molecule has 0 spiro atoms. The summed E-state index contributed by atoms with van der Waals surface area (Å²) < 4.78 is 10.5. The zero-order chi connectivity index (χ0) is 19.8. The lowest BCUT2D eigenvalue weighted by molar-refractivity contribution is 0.102. The van der Waals surface area contributed by atoms with Crippen LogP contribution in [0.25, 0.3) is 0 Å². The first-order chi connectivity index (χ1) is 13.7. The van der Waals surface area contributed by atoms with Crippen LogP contribution in [0, 0.1) is 0 Å². The summed E-state index contributed by atoms with van der Waals surface area (Å²) in [5.41, 5.74) is 2.39. The number of rotatable bonds is 8. The van der Waals surface area contributed by atoms with Crippen LogP contribution < -0.4 is 20.1 Å². The van der Waals surface area contributed by atoms with Gasteiger partial charge in [0, 0.05) is 25.0 Å². The molecule has 2 N–H and O–H groups in total. The van der Waals surface area contributed by atoms with Crippen LogP contribution in [0.3, 0.4) is 0 Å². The summed E-state index contributed by atoms with van der Waals surface area (Å²) >= 11 is 0. The molecule has 2 aromatic rings. The molecule has 0 bridgehead atoms. The molecule has 1 aromatic carbocycles. The van der Waals surface area contributed by atoms with Crippen LogP contribution in [-0.4, -0.2) is 36.6 Å². The van der Waals surface area contributed by atoms with E-state index in [0.29, 0.717) is 28.7 Å². The summed E-state index contributed by atoms with van der Waals surface area (Å²) in [7, 11) is 3.11. The Labute approximate surface area is 165 Å². The average molecular weight is 382 g/mol. The largest absolute Gasteiger partial charge is 0.497 e. The molecule has 28 heavy (non-hydrogen) atoms. The zero-order valence-electron chi connectivity index (χ0n) is 16.3. The third kappa shape index (κ3) is 5.22. The predicted molar refractivity (Wildman–Crippen MR) is 109 cm³/mol. The zero-order valence-corrected chi connectivity index (χ0v) is 16.3. The highest BCUT2D eigenvalue weighted by Gasteiger charge is 2.12. The fraction of sp³-hybridized carbons (Fsp3) is 0.381. The number of methoxy groups -OCH3 is 2. The number of amides is 1. The minimum Gasteiger partial charge on any atom is -0.497 e. The third-order valence-corrected chi connectivity index (χ3v) is 4.68. The molecule has 0 unspecified atom stereocenters. The highest BCUT2D eigenvalue weighted by molar-refractivity contribution is 6.04. The van der Waals surface area contributed by atoms with Crippen LogP contribution in [0.5, 0.6) is 11.5 Å². The number of hydrogen-bond donors (Lipinski definition) is 2. The lowest BCUT2D eigenvalue weighted by atomic mass is 9.97. The second-order valence-corrected chi connectivity index (χ2v) is 6.60. The van der Waals surface area contributed by atoms with Crippen LogP contribution in [0.2, 0.25) is 0 Å². The van der Waals surface area contributed by atoms with Gasteiger partial charge in [-0.2, -0.15) is 0 Å². The smallest absolute Gasteiger partial charge is 0.258 e. The highest BCUT2D eigenvalue weighted by Crippen LogP contribution is 2.29. The second kappa shape index (κ2) is 9.73. The Bertz CT molecular complexity index is 834. The Morgan fingerprint density at radius 3 is 2.64 bits per heavy atom. The van der Waals surface area contributed by atoms with Crippen molar-refractivity contribution in [2.45, 2.75) is 32.1 Å². The van der Waals surface area contributed by atoms with E-state index in [0.717, 1.165) is 13.0 Å². The topological polar surface area (TPSA) is 85.4 Å². The lowest BCUT2D eigenvalue weighted by Crippen LogP contribution is -2.14. The van der Waals surface area contributed by atoms with Crippen LogP contribution in [-0.2, 0) is 0 Å². The van der Waals surface area contributed by atoms with Gasteiger partial charge in [0.25, 0.3) is 5.91 Å². The molecule has 1 amide bonds. The van der Waals surface area contributed by atoms with E-state index in [1.165, 1.54) is 43.7 Å². The quantitative estimate of drug-likeness (QED) is 0.670. The molecule has 1 aliphatic carbocycles. The van der Waals surface area contributed by atoms with Gasteiger partial charge in [0.2, 0.25) is 5.95 Å². The Kier molecular flexibility index (Phi) is 6.84. The minimum absolute atomic E-state index is 0.314. The van der Waals surface area contributed by atoms with Crippen molar-refractivity contribution in [3.8, 4) is 11.5 Å². The van der Waals surface area contributed by atoms with Crippen LogP contribution in [0.1, 0.15) is 42.5 Å². The number of hydrogen-bond acceptors (Lipinski definition) is 6. The molecule has 0 saturated carbocycles. The molecule has 7 nitrogen and oxygen atoms in total. The van der Waals surface area contributed by atoms with Crippen molar-refractivity contribution in [3.05, 3.63) is 47.8 Å². The fourth-order valence-corrected chi connectivity index (χ4v) is 3.11. The van der Waals surface area contributed by atoms with Gasteiger partial charge in [-0.1, -0.05) is 11.6 Å². The van der Waals surface area contributed by atoms with Crippen molar-refractivity contribution in [2.24, 2.45) is 0 Å². The van der Waals surface area contributed by atoms with Gasteiger partial charge >= 0.3 is 0 Å². The summed E-state index contributed by atoms with van der Waals surface area (Å²) in [6.45, 7) is 0.790. The molecule has 1 aliphatic rings. The number of benzene rings is 1. The van der Waals surface area contributed by atoms with Crippen molar-refractivity contribution < 1.29 is 14.3 Å². The van der Waals surface area contributed by atoms with Crippen LogP contribution >= 0.6 is 0 Å². The molecule has 0 fully saturated rings. The summed E-state index contributed by atoms with van der Waals surface area (Å²) in [4.78, 5) is 21.0. The van der Waals surface area contributed by atoms with Gasteiger partial charge in [-0.15, -0.1) is 0 Å².